The largest absolute Gasteiger partial charge is 0.392 e. The number of hydrogen-bond donors (Lipinski definition) is 2. The molecule has 2 aliphatic rings. The van der Waals surface area contributed by atoms with Crippen molar-refractivity contribution in [3.8, 4) is 6.01 Å². The minimum absolute atomic E-state index is 0.0917. The van der Waals surface area contributed by atoms with Crippen molar-refractivity contribution >= 4 is 22.7 Å². The summed E-state index contributed by atoms with van der Waals surface area (Å²) in [6.07, 6.45) is 3.20. The summed E-state index contributed by atoms with van der Waals surface area (Å²) in [4.78, 5) is 23.0. The predicted octanol–water partition coefficient (Wildman–Crippen LogP) is 5.60. The van der Waals surface area contributed by atoms with E-state index in [0.29, 0.717) is 5.92 Å². The summed E-state index contributed by atoms with van der Waals surface area (Å²) in [5.41, 5.74) is 5.24. The molecule has 6 rings (SSSR count). The fraction of sp³-hybridized carbons (Fsp3) is 0.333. The van der Waals surface area contributed by atoms with Gasteiger partial charge in [0.15, 0.2) is 0 Å². The number of rotatable bonds is 8. The van der Waals surface area contributed by atoms with Gasteiger partial charge < -0.3 is 15.0 Å². The number of H-pyrrole nitrogens is 1. The van der Waals surface area contributed by atoms with Crippen LogP contribution in [0.5, 0.6) is 6.01 Å². The lowest BCUT2D eigenvalue weighted by Crippen LogP contribution is -2.35. The molecule has 184 valence electrons. The van der Waals surface area contributed by atoms with E-state index in [2.05, 4.69) is 62.6 Å². The molecule has 2 fully saturated rings. The van der Waals surface area contributed by atoms with E-state index in [4.69, 9.17) is 4.74 Å². The lowest BCUT2D eigenvalue weighted by Gasteiger charge is -2.32. The normalized spacial score (nSPS) is 20.3. The van der Waals surface area contributed by atoms with Gasteiger partial charge >= 0.3 is 12.0 Å². The van der Waals surface area contributed by atoms with E-state index in [1.807, 2.05) is 36.4 Å². The van der Waals surface area contributed by atoms with Crippen LogP contribution in [-0.4, -0.2) is 40.5 Å². The zero-order valence-electron chi connectivity index (χ0n) is 20.4. The average molecular weight is 481 g/mol. The molecule has 2 atom stereocenters. The Balaban J connectivity index is 1.03. The molecule has 2 unspecified atom stereocenters. The number of fused-ring (bicyclic) bond motifs is 1. The van der Waals surface area contributed by atoms with Gasteiger partial charge in [-0.3, -0.25) is 9.69 Å². The monoisotopic (exact) mass is 480 g/mol. The maximum Gasteiger partial charge on any atom is 0.317 e. The Morgan fingerprint density at radius 3 is 2.50 bits per heavy atom. The number of benzene rings is 3. The van der Waals surface area contributed by atoms with Crippen LogP contribution in [0.1, 0.15) is 36.3 Å². The minimum Gasteiger partial charge on any atom is -0.392 e. The summed E-state index contributed by atoms with van der Waals surface area (Å²) in [7, 11) is 0. The molecule has 3 aromatic carbocycles. The van der Waals surface area contributed by atoms with Gasteiger partial charge in [-0.1, -0.05) is 66.7 Å². The number of anilines is 1. The van der Waals surface area contributed by atoms with Crippen LogP contribution in [0.15, 0.2) is 78.9 Å². The van der Waals surface area contributed by atoms with Crippen LogP contribution in [0.25, 0.3) is 11.0 Å². The molecule has 0 spiro atoms. The molecule has 6 nitrogen and oxygen atoms in total. The molecule has 1 saturated heterocycles. The zero-order chi connectivity index (χ0) is 24.3. The van der Waals surface area contributed by atoms with Gasteiger partial charge in [-0.25, -0.2) is 0 Å². The van der Waals surface area contributed by atoms with Crippen molar-refractivity contribution in [2.45, 2.75) is 31.7 Å². The second-order valence-corrected chi connectivity index (χ2v) is 10.1. The van der Waals surface area contributed by atoms with Gasteiger partial charge in [0.05, 0.1) is 17.1 Å². The maximum absolute atomic E-state index is 12.7. The summed E-state index contributed by atoms with van der Waals surface area (Å²) in [6.45, 7) is 4.20. The molecular weight excluding hydrogens is 448 g/mol. The highest BCUT2D eigenvalue weighted by atomic mass is 16.5. The Kier molecular flexibility index (Phi) is 6.43. The fourth-order valence-electron chi connectivity index (χ4n) is 5.34. The first-order valence-electron chi connectivity index (χ1n) is 13.0. The van der Waals surface area contributed by atoms with Gasteiger partial charge in [0.25, 0.3) is 0 Å². The Morgan fingerprint density at radius 1 is 0.972 bits per heavy atom. The number of nitrogens with one attached hydrogen (secondary N) is 2. The van der Waals surface area contributed by atoms with E-state index in [-0.39, 0.29) is 23.8 Å². The smallest absolute Gasteiger partial charge is 0.317 e. The highest BCUT2D eigenvalue weighted by Gasteiger charge is 2.45. The van der Waals surface area contributed by atoms with Crippen molar-refractivity contribution in [2.24, 2.45) is 11.8 Å². The van der Waals surface area contributed by atoms with E-state index < -0.39 is 0 Å². The third kappa shape index (κ3) is 5.14. The van der Waals surface area contributed by atoms with Crippen molar-refractivity contribution in [3.05, 3.63) is 90.0 Å². The number of carbonyl (C=O) groups is 1. The first-order valence-corrected chi connectivity index (χ1v) is 13.0. The number of ether oxygens (including phenoxy) is 1. The zero-order valence-corrected chi connectivity index (χ0v) is 20.4. The van der Waals surface area contributed by atoms with E-state index in [1.54, 1.807) is 0 Å². The molecule has 1 aliphatic carbocycles. The Bertz CT molecular complexity index is 1310. The number of imidazole rings is 1. The van der Waals surface area contributed by atoms with Gasteiger partial charge in [0.1, 0.15) is 5.52 Å². The molecule has 36 heavy (non-hydrogen) atoms. The summed E-state index contributed by atoms with van der Waals surface area (Å²) in [5.74, 6) is 0.582. The number of esters is 1. The predicted molar refractivity (Wildman–Crippen MR) is 142 cm³/mol. The number of hydrogen-bond acceptors (Lipinski definition) is 5. The van der Waals surface area contributed by atoms with Crippen LogP contribution in [0.4, 0.5) is 5.69 Å². The fourth-order valence-corrected chi connectivity index (χ4v) is 5.34. The van der Waals surface area contributed by atoms with Gasteiger partial charge in [-0.05, 0) is 67.4 Å². The Morgan fingerprint density at radius 2 is 1.72 bits per heavy atom. The molecule has 0 radical (unpaired) electrons. The third-order valence-electron chi connectivity index (χ3n) is 7.55. The van der Waals surface area contributed by atoms with Gasteiger partial charge in [0.2, 0.25) is 0 Å². The SMILES string of the molecule is O=C(Oc1nc2c(NCC3CCN(Cc4ccccc4)CC3)cccc2[nH]1)C1CC1c1ccccc1. The first kappa shape index (κ1) is 22.8. The van der Waals surface area contributed by atoms with Crippen LogP contribution in [0, 0.1) is 11.8 Å². The summed E-state index contributed by atoms with van der Waals surface area (Å²) < 4.78 is 5.65. The quantitative estimate of drug-likeness (QED) is 0.322. The minimum atomic E-state index is -0.209. The maximum atomic E-state index is 12.7. The number of carbonyl (C=O) groups excluding carboxylic acids is 1. The van der Waals surface area contributed by atoms with E-state index >= 15 is 0 Å². The van der Waals surface area contributed by atoms with Crippen LogP contribution < -0.4 is 10.1 Å². The van der Waals surface area contributed by atoms with Crippen LogP contribution in [0.3, 0.4) is 0 Å². The van der Waals surface area contributed by atoms with E-state index in [1.165, 1.54) is 24.0 Å². The van der Waals surface area contributed by atoms with Crippen molar-refractivity contribution < 1.29 is 9.53 Å². The second kappa shape index (κ2) is 10.2. The van der Waals surface area contributed by atoms with E-state index in [0.717, 1.165) is 49.3 Å². The molecule has 0 amide bonds. The molecule has 1 aliphatic heterocycles. The van der Waals surface area contributed by atoms with Crippen molar-refractivity contribution in [1.29, 1.82) is 0 Å². The molecule has 2 heterocycles. The highest BCUT2D eigenvalue weighted by molar-refractivity contribution is 5.89. The third-order valence-corrected chi connectivity index (χ3v) is 7.55. The Hall–Kier alpha value is -3.64. The number of aromatic amines is 1. The lowest BCUT2D eigenvalue weighted by molar-refractivity contribution is -0.136. The number of piperidine rings is 1. The van der Waals surface area contributed by atoms with Crippen LogP contribution in [0.2, 0.25) is 0 Å². The Labute approximate surface area is 211 Å². The summed E-state index contributed by atoms with van der Waals surface area (Å²) >= 11 is 0. The van der Waals surface area contributed by atoms with Gasteiger partial charge in [-0.15, -0.1) is 0 Å². The van der Waals surface area contributed by atoms with E-state index in [9.17, 15) is 4.79 Å². The average Bonchev–Trinajstić information content (AvgIpc) is 3.62. The van der Waals surface area contributed by atoms with Crippen molar-refractivity contribution in [2.75, 3.05) is 25.0 Å². The summed E-state index contributed by atoms with van der Waals surface area (Å²) in [5, 5.41) is 3.61. The topological polar surface area (TPSA) is 70.2 Å². The molecule has 0 bridgehead atoms. The van der Waals surface area contributed by atoms with Crippen LogP contribution in [-0.2, 0) is 11.3 Å². The molecule has 6 heteroatoms. The highest BCUT2D eigenvalue weighted by Crippen LogP contribution is 2.48. The molecule has 4 aromatic rings. The lowest BCUT2D eigenvalue weighted by atomic mass is 9.96. The van der Waals surface area contributed by atoms with Gasteiger partial charge in [-0.2, -0.15) is 4.98 Å². The van der Waals surface area contributed by atoms with Gasteiger partial charge in [0, 0.05) is 13.1 Å². The number of nitrogens with zero attached hydrogens (tertiary/aromatic N) is 2. The summed E-state index contributed by atoms with van der Waals surface area (Å²) in [6, 6.07) is 27.2. The first-order chi connectivity index (χ1) is 17.7. The second-order valence-electron chi connectivity index (χ2n) is 10.1. The molecule has 1 saturated carbocycles. The number of likely N-dealkylation sites (tertiary alicyclic amines) is 1. The van der Waals surface area contributed by atoms with Crippen molar-refractivity contribution in [1.82, 2.24) is 14.9 Å². The number of aromatic nitrogens is 2. The molecular formula is C30H32N4O2. The number of para-hydroxylation sites is 1. The van der Waals surface area contributed by atoms with Crippen molar-refractivity contribution in [3.63, 3.8) is 0 Å². The standard InChI is InChI=1S/C30H32N4O2/c35-29(25-18-24(25)23-10-5-2-6-11-23)36-30-32-27-13-7-12-26(28(27)33-30)31-19-21-14-16-34(17-15-21)20-22-8-3-1-4-9-22/h1-13,21,24-25,31H,14-20H2,(H,32,33). The van der Waals surface area contributed by atoms with Crippen LogP contribution >= 0.6 is 0 Å². The molecule has 1 aromatic heterocycles. The molecule has 2 N–H and O–H groups in total.